The second-order valence-electron chi connectivity index (χ2n) is 6.13. The van der Waals surface area contributed by atoms with Crippen LogP contribution in [0.15, 0.2) is 47.6 Å². The van der Waals surface area contributed by atoms with Crippen molar-refractivity contribution in [3.8, 4) is 17.6 Å². The lowest BCUT2D eigenvalue weighted by atomic mass is 10.2. The van der Waals surface area contributed by atoms with Gasteiger partial charge < -0.3 is 19.4 Å². The number of fused-ring (bicyclic) bond motifs is 2. The number of nitriles is 1. The first-order valence-corrected chi connectivity index (χ1v) is 9.87. The lowest BCUT2D eigenvalue weighted by molar-refractivity contribution is -0.116. The Morgan fingerprint density at radius 2 is 2.04 bits per heavy atom. The zero-order valence-electron chi connectivity index (χ0n) is 15.1. The van der Waals surface area contributed by atoms with Gasteiger partial charge in [0, 0.05) is 18.3 Å². The van der Waals surface area contributed by atoms with Gasteiger partial charge in [-0.3, -0.25) is 4.79 Å². The maximum atomic E-state index is 12.9. The van der Waals surface area contributed by atoms with E-state index < -0.39 is 0 Å². The molecule has 2 aromatic carbocycles. The number of carbonyl (C=O) groups excluding carboxylic acids is 1. The van der Waals surface area contributed by atoms with Crippen LogP contribution in [0.1, 0.15) is 6.42 Å². The summed E-state index contributed by atoms with van der Waals surface area (Å²) in [5.41, 5.74) is 2.49. The minimum Gasteiger partial charge on any atom is -0.486 e. The van der Waals surface area contributed by atoms with E-state index >= 15 is 0 Å². The first kappa shape index (κ1) is 18.2. The van der Waals surface area contributed by atoms with Crippen LogP contribution in [-0.4, -0.2) is 41.4 Å². The molecule has 0 atom stereocenters. The molecule has 1 amide bonds. The van der Waals surface area contributed by atoms with Gasteiger partial charge in [-0.15, -0.1) is 0 Å². The number of hydrogen-bond donors (Lipinski definition) is 1. The predicted molar refractivity (Wildman–Crippen MR) is 107 cm³/mol. The first-order chi connectivity index (χ1) is 13.7. The van der Waals surface area contributed by atoms with Crippen LogP contribution in [0.5, 0.6) is 11.5 Å². The summed E-state index contributed by atoms with van der Waals surface area (Å²) < 4.78 is 11.1. The van der Waals surface area contributed by atoms with Crippen molar-refractivity contribution in [1.29, 1.82) is 5.26 Å². The number of aromatic nitrogens is 2. The molecule has 0 unspecified atom stereocenters. The summed E-state index contributed by atoms with van der Waals surface area (Å²) in [4.78, 5) is 22.2. The Labute approximate surface area is 166 Å². The Morgan fingerprint density at radius 1 is 1.21 bits per heavy atom. The van der Waals surface area contributed by atoms with E-state index in [0.29, 0.717) is 42.1 Å². The van der Waals surface area contributed by atoms with E-state index in [9.17, 15) is 4.79 Å². The third-order valence-electron chi connectivity index (χ3n) is 4.29. The average Bonchev–Trinajstić information content (AvgIpc) is 3.15. The van der Waals surface area contributed by atoms with Crippen LogP contribution in [-0.2, 0) is 4.79 Å². The molecule has 1 aliphatic heterocycles. The topological polar surface area (TPSA) is 91.2 Å². The molecule has 0 radical (unpaired) electrons. The number of imidazole rings is 1. The van der Waals surface area contributed by atoms with Crippen molar-refractivity contribution in [2.75, 3.05) is 30.4 Å². The van der Waals surface area contributed by atoms with Crippen molar-refractivity contribution in [1.82, 2.24) is 9.97 Å². The second kappa shape index (κ2) is 8.23. The molecule has 0 saturated carbocycles. The van der Waals surface area contributed by atoms with E-state index in [0.717, 1.165) is 11.0 Å². The molecule has 1 N–H and O–H groups in total. The molecule has 0 bridgehead atoms. The summed E-state index contributed by atoms with van der Waals surface area (Å²) >= 11 is 1.34. The molecule has 1 aromatic heterocycles. The Hall–Kier alpha value is -3.18. The van der Waals surface area contributed by atoms with Crippen molar-refractivity contribution in [3.63, 3.8) is 0 Å². The molecule has 1 aliphatic rings. The number of aromatic amines is 1. The third-order valence-corrected chi connectivity index (χ3v) is 5.14. The number of rotatable bonds is 6. The highest BCUT2D eigenvalue weighted by Crippen LogP contribution is 2.34. The lowest BCUT2D eigenvalue weighted by Crippen LogP contribution is -2.33. The highest BCUT2D eigenvalue weighted by Gasteiger charge is 2.20. The van der Waals surface area contributed by atoms with Gasteiger partial charge in [-0.2, -0.15) is 5.26 Å². The first-order valence-electron chi connectivity index (χ1n) is 8.89. The number of ether oxygens (including phenoxy) is 2. The summed E-state index contributed by atoms with van der Waals surface area (Å²) in [7, 11) is 0. The van der Waals surface area contributed by atoms with Crippen LogP contribution in [0.2, 0.25) is 0 Å². The zero-order chi connectivity index (χ0) is 19.3. The van der Waals surface area contributed by atoms with Crippen molar-refractivity contribution >= 4 is 34.4 Å². The van der Waals surface area contributed by atoms with Gasteiger partial charge in [-0.25, -0.2) is 4.98 Å². The van der Waals surface area contributed by atoms with Gasteiger partial charge in [0.05, 0.1) is 29.3 Å². The Morgan fingerprint density at radius 3 is 2.86 bits per heavy atom. The number of H-pyrrole nitrogens is 1. The summed E-state index contributed by atoms with van der Waals surface area (Å²) in [6.07, 6.45) is 0.246. The van der Waals surface area contributed by atoms with Crippen LogP contribution in [0, 0.1) is 11.3 Å². The summed E-state index contributed by atoms with van der Waals surface area (Å²) in [6, 6.07) is 15.2. The molecule has 0 fully saturated rings. The van der Waals surface area contributed by atoms with E-state index in [2.05, 4.69) is 16.0 Å². The highest BCUT2D eigenvalue weighted by molar-refractivity contribution is 7.99. The summed E-state index contributed by atoms with van der Waals surface area (Å²) in [5, 5.41) is 9.66. The van der Waals surface area contributed by atoms with Crippen molar-refractivity contribution in [3.05, 3.63) is 42.5 Å². The van der Waals surface area contributed by atoms with E-state index in [1.807, 2.05) is 30.3 Å². The molecule has 0 spiro atoms. The van der Waals surface area contributed by atoms with Crippen LogP contribution in [0.4, 0.5) is 5.69 Å². The Balaban J connectivity index is 1.50. The predicted octanol–water partition coefficient (Wildman–Crippen LogP) is 3.37. The molecule has 142 valence electrons. The molecule has 0 saturated heterocycles. The van der Waals surface area contributed by atoms with Gasteiger partial charge in [0.25, 0.3) is 0 Å². The average molecular weight is 394 g/mol. The number of hydrogen-bond acceptors (Lipinski definition) is 6. The Bertz CT molecular complexity index is 1010. The highest BCUT2D eigenvalue weighted by atomic mass is 32.2. The smallest absolute Gasteiger partial charge is 0.237 e. The van der Waals surface area contributed by atoms with Crippen LogP contribution < -0.4 is 14.4 Å². The maximum Gasteiger partial charge on any atom is 0.237 e. The fourth-order valence-corrected chi connectivity index (χ4v) is 3.73. The zero-order valence-corrected chi connectivity index (χ0v) is 15.9. The fraction of sp³-hybridized carbons (Fsp3) is 0.250. The van der Waals surface area contributed by atoms with Crippen LogP contribution in [0.3, 0.4) is 0 Å². The number of carbonyl (C=O) groups is 1. The summed E-state index contributed by atoms with van der Waals surface area (Å²) in [6.45, 7) is 1.30. The van der Waals surface area contributed by atoms with Gasteiger partial charge >= 0.3 is 0 Å². The number of benzene rings is 2. The van der Waals surface area contributed by atoms with Gasteiger partial charge in [-0.05, 0) is 24.3 Å². The van der Waals surface area contributed by atoms with Crippen molar-refractivity contribution in [2.24, 2.45) is 0 Å². The number of para-hydroxylation sites is 2. The molecule has 0 aliphatic carbocycles. The number of thioether (sulfide) groups is 1. The molecular weight excluding hydrogens is 376 g/mol. The van der Waals surface area contributed by atoms with E-state index in [1.54, 1.807) is 17.0 Å². The quantitative estimate of drug-likeness (QED) is 0.645. The summed E-state index contributed by atoms with van der Waals surface area (Å²) in [5.74, 6) is 1.39. The molecule has 2 heterocycles. The Kier molecular flexibility index (Phi) is 5.35. The van der Waals surface area contributed by atoms with Crippen LogP contribution >= 0.6 is 11.8 Å². The second-order valence-corrected chi connectivity index (χ2v) is 7.09. The number of amides is 1. The molecule has 28 heavy (non-hydrogen) atoms. The maximum absolute atomic E-state index is 12.9. The van der Waals surface area contributed by atoms with Crippen LogP contribution in [0.25, 0.3) is 11.0 Å². The molecule has 7 nitrogen and oxygen atoms in total. The molecule has 3 aromatic rings. The number of nitrogens with zero attached hydrogens (tertiary/aromatic N) is 3. The fourth-order valence-electron chi connectivity index (χ4n) is 2.97. The SMILES string of the molecule is N#CCCN(C(=O)CSc1nc2ccccc2[nH]1)c1ccc2c(c1)OCCO2. The molecular formula is C20H18N4O3S. The number of nitrogens with one attached hydrogen (secondary N) is 1. The van der Waals surface area contributed by atoms with Gasteiger partial charge in [0.15, 0.2) is 16.7 Å². The molecule has 8 heteroatoms. The largest absolute Gasteiger partial charge is 0.486 e. The lowest BCUT2D eigenvalue weighted by Gasteiger charge is -2.24. The van der Waals surface area contributed by atoms with E-state index in [-0.39, 0.29) is 18.1 Å². The van der Waals surface area contributed by atoms with Gasteiger partial charge in [0.2, 0.25) is 5.91 Å². The monoisotopic (exact) mass is 394 g/mol. The third kappa shape index (κ3) is 3.89. The minimum absolute atomic E-state index is 0.0996. The molecule has 4 rings (SSSR count). The normalized spacial score (nSPS) is 12.5. The van der Waals surface area contributed by atoms with Crippen molar-refractivity contribution in [2.45, 2.75) is 11.6 Å². The van der Waals surface area contributed by atoms with Crippen molar-refractivity contribution < 1.29 is 14.3 Å². The van der Waals surface area contributed by atoms with Gasteiger partial charge in [0.1, 0.15) is 13.2 Å². The standard InChI is InChI=1S/C20H18N4O3S/c21-8-3-9-24(14-6-7-17-18(12-14)27-11-10-26-17)19(25)13-28-20-22-15-4-1-2-5-16(15)23-20/h1-2,4-7,12H,3,9-11,13H2,(H,22,23). The van der Waals surface area contributed by atoms with E-state index in [1.165, 1.54) is 11.8 Å². The minimum atomic E-state index is -0.0996. The van der Waals surface area contributed by atoms with E-state index in [4.69, 9.17) is 14.7 Å². The van der Waals surface area contributed by atoms with Gasteiger partial charge in [-0.1, -0.05) is 23.9 Å². The number of anilines is 1.